The molecule has 1 heterocycles. The standard InChI is InChI=1S/C16H20BrNO2/c1-16(2,3)20-15(19)18-10-4-5-13(11-18)12-6-8-14(17)9-7-12/h5-9H,4,10-11H2,1-3H3. The molecule has 0 N–H and O–H groups in total. The van der Waals surface area contributed by atoms with E-state index in [1.165, 1.54) is 5.57 Å². The van der Waals surface area contributed by atoms with E-state index in [1.807, 2.05) is 32.9 Å². The molecule has 4 heteroatoms. The minimum absolute atomic E-state index is 0.236. The lowest BCUT2D eigenvalue weighted by molar-refractivity contribution is 0.0273. The third-order valence-corrected chi connectivity index (χ3v) is 3.55. The lowest BCUT2D eigenvalue weighted by Crippen LogP contribution is -2.39. The second-order valence-electron chi connectivity index (χ2n) is 5.93. The number of carbonyl (C=O) groups is 1. The molecule has 20 heavy (non-hydrogen) atoms. The van der Waals surface area contributed by atoms with E-state index in [4.69, 9.17) is 4.74 Å². The maximum absolute atomic E-state index is 12.1. The van der Waals surface area contributed by atoms with Gasteiger partial charge in [-0.05, 0) is 50.5 Å². The van der Waals surface area contributed by atoms with Crippen LogP contribution in [-0.2, 0) is 4.74 Å². The maximum atomic E-state index is 12.1. The summed E-state index contributed by atoms with van der Waals surface area (Å²) in [5.74, 6) is 0. The van der Waals surface area contributed by atoms with Gasteiger partial charge in [0.05, 0.1) is 0 Å². The quantitative estimate of drug-likeness (QED) is 0.756. The fraction of sp³-hybridized carbons (Fsp3) is 0.438. The van der Waals surface area contributed by atoms with Crippen molar-refractivity contribution in [2.45, 2.75) is 32.8 Å². The van der Waals surface area contributed by atoms with Gasteiger partial charge in [-0.3, -0.25) is 0 Å². The smallest absolute Gasteiger partial charge is 0.410 e. The Hall–Kier alpha value is -1.29. The fourth-order valence-electron chi connectivity index (χ4n) is 2.10. The highest BCUT2D eigenvalue weighted by Crippen LogP contribution is 2.23. The summed E-state index contributed by atoms with van der Waals surface area (Å²) in [6.45, 7) is 6.99. The van der Waals surface area contributed by atoms with Crippen LogP contribution in [0.2, 0.25) is 0 Å². The van der Waals surface area contributed by atoms with Crippen molar-refractivity contribution in [3.05, 3.63) is 40.4 Å². The third kappa shape index (κ3) is 4.10. The lowest BCUT2D eigenvalue weighted by atomic mass is 10.0. The van der Waals surface area contributed by atoms with Crippen LogP contribution in [0.3, 0.4) is 0 Å². The van der Waals surface area contributed by atoms with E-state index in [2.05, 4.69) is 34.1 Å². The molecule has 3 nitrogen and oxygen atoms in total. The molecule has 0 bridgehead atoms. The van der Waals surface area contributed by atoms with Crippen LogP contribution in [0.25, 0.3) is 5.57 Å². The van der Waals surface area contributed by atoms with Crippen molar-refractivity contribution in [1.82, 2.24) is 4.90 Å². The first-order valence-corrected chi connectivity index (χ1v) is 7.57. The number of carbonyl (C=O) groups excluding carboxylic acids is 1. The SMILES string of the molecule is CC(C)(C)OC(=O)N1CCC=C(c2ccc(Br)cc2)C1. The van der Waals surface area contributed by atoms with Crippen LogP contribution in [0, 0.1) is 0 Å². The van der Waals surface area contributed by atoms with Crippen LogP contribution in [0.4, 0.5) is 4.79 Å². The lowest BCUT2D eigenvalue weighted by Gasteiger charge is -2.30. The molecule has 108 valence electrons. The number of benzene rings is 1. The van der Waals surface area contributed by atoms with Crippen LogP contribution < -0.4 is 0 Å². The molecule has 0 radical (unpaired) electrons. The molecule has 1 aromatic rings. The molecule has 2 rings (SSSR count). The monoisotopic (exact) mass is 337 g/mol. The number of amides is 1. The molecule has 0 unspecified atom stereocenters. The largest absolute Gasteiger partial charge is 0.444 e. The number of hydrogen-bond acceptors (Lipinski definition) is 2. The van der Waals surface area contributed by atoms with E-state index in [-0.39, 0.29) is 6.09 Å². The van der Waals surface area contributed by atoms with E-state index in [0.29, 0.717) is 6.54 Å². The average Bonchev–Trinajstić information content (AvgIpc) is 2.38. The highest BCUT2D eigenvalue weighted by atomic mass is 79.9. The zero-order valence-electron chi connectivity index (χ0n) is 12.1. The van der Waals surface area contributed by atoms with Crippen LogP contribution >= 0.6 is 15.9 Å². The van der Waals surface area contributed by atoms with Crippen LogP contribution in [0.15, 0.2) is 34.8 Å². The third-order valence-electron chi connectivity index (χ3n) is 3.02. The van der Waals surface area contributed by atoms with Crippen molar-refractivity contribution in [2.75, 3.05) is 13.1 Å². The molecule has 0 atom stereocenters. The summed E-state index contributed by atoms with van der Waals surface area (Å²) < 4.78 is 6.49. The summed E-state index contributed by atoms with van der Waals surface area (Å²) >= 11 is 3.43. The first-order chi connectivity index (χ1) is 9.35. The summed E-state index contributed by atoms with van der Waals surface area (Å²) in [5.41, 5.74) is 1.88. The van der Waals surface area contributed by atoms with E-state index >= 15 is 0 Å². The Balaban J connectivity index is 2.06. The van der Waals surface area contributed by atoms with Crippen LogP contribution in [-0.4, -0.2) is 29.7 Å². The van der Waals surface area contributed by atoms with Crippen LogP contribution in [0.5, 0.6) is 0 Å². The zero-order chi connectivity index (χ0) is 14.8. The number of nitrogens with zero attached hydrogens (tertiary/aromatic N) is 1. The number of halogens is 1. The second-order valence-corrected chi connectivity index (χ2v) is 6.84. The summed E-state index contributed by atoms with van der Waals surface area (Å²) in [6, 6.07) is 8.16. The van der Waals surface area contributed by atoms with Gasteiger partial charge in [0.15, 0.2) is 0 Å². The first-order valence-electron chi connectivity index (χ1n) is 6.78. The summed E-state index contributed by atoms with van der Waals surface area (Å²) in [6.07, 6.45) is 2.83. The Morgan fingerprint density at radius 1 is 1.25 bits per heavy atom. The van der Waals surface area contributed by atoms with Gasteiger partial charge < -0.3 is 9.64 Å². The Morgan fingerprint density at radius 2 is 1.90 bits per heavy atom. The Bertz CT molecular complexity index is 514. The second kappa shape index (κ2) is 6.00. The molecule has 0 spiro atoms. The van der Waals surface area contributed by atoms with Gasteiger partial charge in [-0.25, -0.2) is 4.79 Å². The average molecular weight is 338 g/mol. The van der Waals surface area contributed by atoms with Gasteiger partial charge in [-0.1, -0.05) is 34.1 Å². The molecular formula is C16H20BrNO2. The molecule has 0 aromatic heterocycles. The molecule has 0 aliphatic carbocycles. The van der Waals surface area contributed by atoms with Gasteiger partial charge in [0.25, 0.3) is 0 Å². The highest BCUT2D eigenvalue weighted by Gasteiger charge is 2.24. The minimum atomic E-state index is -0.448. The molecule has 1 amide bonds. The molecular weight excluding hydrogens is 318 g/mol. The molecule has 1 aliphatic rings. The minimum Gasteiger partial charge on any atom is -0.444 e. The molecule has 1 aromatic carbocycles. The Morgan fingerprint density at radius 3 is 2.50 bits per heavy atom. The first kappa shape index (κ1) is 15.1. The highest BCUT2D eigenvalue weighted by molar-refractivity contribution is 9.10. The summed E-state index contributed by atoms with van der Waals surface area (Å²) in [7, 11) is 0. The van der Waals surface area contributed by atoms with Gasteiger partial charge in [0, 0.05) is 17.6 Å². The van der Waals surface area contributed by atoms with Gasteiger partial charge in [0.2, 0.25) is 0 Å². The Kier molecular flexibility index (Phi) is 4.53. The van der Waals surface area contributed by atoms with Crippen LogP contribution in [0.1, 0.15) is 32.8 Å². The van der Waals surface area contributed by atoms with Gasteiger partial charge in [-0.15, -0.1) is 0 Å². The van der Waals surface area contributed by atoms with Gasteiger partial charge in [0.1, 0.15) is 5.60 Å². The van der Waals surface area contributed by atoms with E-state index in [0.717, 1.165) is 23.0 Å². The van der Waals surface area contributed by atoms with Crippen molar-refractivity contribution >= 4 is 27.6 Å². The fourth-order valence-corrected chi connectivity index (χ4v) is 2.36. The topological polar surface area (TPSA) is 29.5 Å². The maximum Gasteiger partial charge on any atom is 0.410 e. The molecule has 0 fully saturated rings. The normalized spacial score (nSPS) is 15.8. The summed E-state index contributed by atoms with van der Waals surface area (Å²) in [4.78, 5) is 13.9. The van der Waals surface area contributed by atoms with Gasteiger partial charge in [-0.2, -0.15) is 0 Å². The van der Waals surface area contributed by atoms with Crippen molar-refractivity contribution in [2.24, 2.45) is 0 Å². The summed E-state index contributed by atoms with van der Waals surface area (Å²) in [5, 5.41) is 0. The van der Waals surface area contributed by atoms with Crippen molar-refractivity contribution < 1.29 is 9.53 Å². The number of rotatable bonds is 1. The Labute approximate surface area is 128 Å². The molecule has 0 saturated heterocycles. The van der Waals surface area contributed by atoms with E-state index < -0.39 is 5.60 Å². The van der Waals surface area contributed by atoms with E-state index in [1.54, 1.807) is 4.90 Å². The zero-order valence-corrected chi connectivity index (χ0v) is 13.7. The van der Waals surface area contributed by atoms with E-state index in [9.17, 15) is 4.79 Å². The molecule has 0 saturated carbocycles. The predicted octanol–water partition coefficient (Wildman–Crippen LogP) is 4.47. The van der Waals surface area contributed by atoms with Crippen molar-refractivity contribution in [1.29, 1.82) is 0 Å². The van der Waals surface area contributed by atoms with Crippen molar-refractivity contribution in [3.8, 4) is 0 Å². The number of ether oxygens (including phenoxy) is 1. The van der Waals surface area contributed by atoms with Crippen molar-refractivity contribution in [3.63, 3.8) is 0 Å². The predicted molar refractivity (Wildman–Crippen MR) is 84.5 cm³/mol. The molecule has 1 aliphatic heterocycles. The van der Waals surface area contributed by atoms with Gasteiger partial charge >= 0.3 is 6.09 Å². The number of hydrogen-bond donors (Lipinski definition) is 0.